The molecule has 2 rings (SSSR count). The lowest BCUT2D eigenvalue weighted by atomic mass is 10.2. The van der Waals surface area contributed by atoms with Crippen LogP contribution in [0.4, 0.5) is 0 Å². The van der Waals surface area contributed by atoms with Gasteiger partial charge in [-0.1, -0.05) is 34.8 Å². The van der Waals surface area contributed by atoms with Crippen LogP contribution in [0.5, 0.6) is 0 Å². The second-order valence-corrected chi connectivity index (χ2v) is 5.28. The predicted molar refractivity (Wildman–Crippen MR) is 72.2 cm³/mol. The van der Waals surface area contributed by atoms with Gasteiger partial charge in [0.25, 0.3) is 0 Å². The smallest absolute Gasteiger partial charge is 0.0700 e. The Morgan fingerprint density at radius 3 is 2.71 bits per heavy atom. The summed E-state index contributed by atoms with van der Waals surface area (Å²) in [6.45, 7) is 2.29. The minimum atomic E-state index is 0.312. The number of hydrogen-bond acceptors (Lipinski definition) is 2. The second-order valence-electron chi connectivity index (χ2n) is 4.09. The lowest BCUT2D eigenvalue weighted by Crippen LogP contribution is -2.26. The van der Waals surface area contributed by atoms with Crippen LogP contribution in [0.25, 0.3) is 0 Å². The summed E-state index contributed by atoms with van der Waals surface area (Å²) < 4.78 is 5.52. The molecule has 0 aromatic heterocycles. The maximum atomic E-state index is 6.11. The van der Waals surface area contributed by atoms with Crippen molar-refractivity contribution in [1.82, 2.24) is 5.32 Å². The van der Waals surface area contributed by atoms with Crippen LogP contribution in [0.3, 0.4) is 0 Å². The quantitative estimate of drug-likeness (QED) is 0.850. The summed E-state index contributed by atoms with van der Waals surface area (Å²) in [5.41, 5.74) is 0.846. The van der Waals surface area contributed by atoms with E-state index in [-0.39, 0.29) is 0 Å². The lowest BCUT2D eigenvalue weighted by molar-refractivity contribution is 0.110. The fourth-order valence-corrected chi connectivity index (χ4v) is 2.58. The molecule has 0 saturated carbocycles. The molecule has 0 aliphatic carbocycles. The van der Waals surface area contributed by atoms with Gasteiger partial charge in [0.15, 0.2) is 0 Å². The highest BCUT2D eigenvalue weighted by molar-refractivity contribution is 6.44. The highest BCUT2D eigenvalue weighted by atomic mass is 35.5. The van der Waals surface area contributed by atoms with E-state index in [9.17, 15) is 0 Å². The SMILES string of the molecule is Clc1ccc(Cl)c(CNCC2CCCO2)c1Cl. The van der Waals surface area contributed by atoms with Crippen LogP contribution in [-0.2, 0) is 11.3 Å². The summed E-state index contributed by atoms with van der Waals surface area (Å²) in [5, 5.41) is 5.00. The van der Waals surface area contributed by atoms with Crippen molar-refractivity contribution in [3.8, 4) is 0 Å². The lowest BCUT2D eigenvalue weighted by Gasteiger charge is -2.13. The molecule has 17 heavy (non-hydrogen) atoms. The van der Waals surface area contributed by atoms with Crippen molar-refractivity contribution in [3.05, 3.63) is 32.8 Å². The van der Waals surface area contributed by atoms with Crippen molar-refractivity contribution in [2.24, 2.45) is 0 Å². The molecule has 1 N–H and O–H groups in total. The van der Waals surface area contributed by atoms with Gasteiger partial charge in [-0.2, -0.15) is 0 Å². The molecule has 1 aliphatic rings. The van der Waals surface area contributed by atoms with Gasteiger partial charge in [0.05, 0.1) is 16.1 Å². The zero-order valence-corrected chi connectivity index (χ0v) is 11.6. The van der Waals surface area contributed by atoms with E-state index in [0.717, 1.165) is 31.6 Å². The van der Waals surface area contributed by atoms with E-state index in [1.54, 1.807) is 12.1 Å². The Kier molecular flexibility index (Phi) is 4.95. The normalized spacial score (nSPS) is 19.8. The first-order valence-electron chi connectivity index (χ1n) is 5.63. The first-order chi connectivity index (χ1) is 8.18. The van der Waals surface area contributed by atoms with Crippen LogP contribution in [0.15, 0.2) is 12.1 Å². The van der Waals surface area contributed by atoms with Crippen molar-refractivity contribution in [2.45, 2.75) is 25.5 Å². The molecule has 94 valence electrons. The first kappa shape index (κ1) is 13.4. The van der Waals surface area contributed by atoms with E-state index in [4.69, 9.17) is 39.5 Å². The van der Waals surface area contributed by atoms with Crippen LogP contribution in [0, 0.1) is 0 Å². The molecule has 1 heterocycles. The highest BCUT2D eigenvalue weighted by Crippen LogP contribution is 2.31. The number of rotatable bonds is 4. The van der Waals surface area contributed by atoms with Crippen molar-refractivity contribution in [2.75, 3.05) is 13.2 Å². The van der Waals surface area contributed by atoms with Gasteiger partial charge in [0.2, 0.25) is 0 Å². The standard InChI is InChI=1S/C12H14Cl3NO/c13-10-3-4-11(14)12(15)9(10)7-16-6-8-2-1-5-17-8/h3-4,8,16H,1-2,5-7H2. The Hall–Kier alpha value is 0.01000. The Morgan fingerprint density at radius 1 is 1.24 bits per heavy atom. The number of halogens is 3. The summed E-state index contributed by atoms with van der Waals surface area (Å²) in [7, 11) is 0. The number of benzene rings is 1. The monoisotopic (exact) mass is 293 g/mol. The van der Waals surface area contributed by atoms with Crippen molar-refractivity contribution in [3.63, 3.8) is 0 Å². The summed E-state index contributed by atoms with van der Waals surface area (Å²) in [4.78, 5) is 0. The molecule has 2 nitrogen and oxygen atoms in total. The van der Waals surface area contributed by atoms with Gasteiger partial charge in [-0.25, -0.2) is 0 Å². The van der Waals surface area contributed by atoms with Gasteiger partial charge in [0.1, 0.15) is 0 Å². The maximum absolute atomic E-state index is 6.11. The topological polar surface area (TPSA) is 21.3 Å². The fourth-order valence-electron chi connectivity index (χ4n) is 1.89. The predicted octanol–water partition coefficient (Wildman–Crippen LogP) is 3.92. The van der Waals surface area contributed by atoms with Crippen LogP contribution < -0.4 is 5.32 Å². The van der Waals surface area contributed by atoms with Crippen LogP contribution in [-0.4, -0.2) is 19.3 Å². The number of ether oxygens (including phenoxy) is 1. The zero-order chi connectivity index (χ0) is 12.3. The summed E-state index contributed by atoms with van der Waals surface area (Å²) >= 11 is 18.1. The van der Waals surface area contributed by atoms with Gasteiger partial charge in [0, 0.05) is 30.3 Å². The van der Waals surface area contributed by atoms with E-state index in [0.29, 0.717) is 27.7 Å². The second kappa shape index (κ2) is 6.26. The van der Waals surface area contributed by atoms with E-state index >= 15 is 0 Å². The van der Waals surface area contributed by atoms with Gasteiger partial charge in [-0.05, 0) is 25.0 Å². The van der Waals surface area contributed by atoms with Gasteiger partial charge in [-0.15, -0.1) is 0 Å². The number of nitrogens with one attached hydrogen (secondary N) is 1. The third kappa shape index (κ3) is 3.49. The molecule has 1 fully saturated rings. The summed E-state index contributed by atoms with van der Waals surface area (Å²) in [6.07, 6.45) is 2.57. The van der Waals surface area contributed by atoms with Crippen LogP contribution in [0.1, 0.15) is 18.4 Å². The molecule has 1 aromatic carbocycles. The van der Waals surface area contributed by atoms with E-state index < -0.39 is 0 Å². The van der Waals surface area contributed by atoms with Crippen molar-refractivity contribution < 1.29 is 4.74 Å². The molecule has 0 radical (unpaired) electrons. The Morgan fingerprint density at radius 2 is 2.00 bits per heavy atom. The van der Waals surface area contributed by atoms with Gasteiger partial charge in [-0.3, -0.25) is 0 Å². The van der Waals surface area contributed by atoms with E-state index in [2.05, 4.69) is 5.32 Å². The average Bonchev–Trinajstić information content (AvgIpc) is 2.81. The molecule has 1 unspecified atom stereocenters. The third-order valence-corrected chi connectivity index (χ3v) is 4.03. The van der Waals surface area contributed by atoms with Crippen LogP contribution in [0.2, 0.25) is 15.1 Å². The molecule has 5 heteroatoms. The average molecular weight is 295 g/mol. The summed E-state index contributed by atoms with van der Waals surface area (Å²) in [5.74, 6) is 0. The zero-order valence-electron chi connectivity index (χ0n) is 9.31. The largest absolute Gasteiger partial charge is 0.377 e. The van der Waals surface area contributed by atoms with Crippen molar-refractivity contribution in [1.29, 1.82) is 0 Å². The Bertz CT molecular complexity index is 392. The molecule has 1 aliphatic heterocycles. The fraction of sp³-hybridized carbons (Fsp3) is 0.500. The number of hydrogen-bond donors (Lipinski definition) is 1. The highest BCUT2D eigenvalue weighted by Gasteiger charge is 2.15. The van der Waals surface area contributed by atoms with E-state index in [1.165, 1.54) is 0 Å². The Labute approximate surface area is 116 Å². The maximum Gasteiger partial charge on any atom is 0.0700 e. The molecule has 1 saturated heterocycles. The van der Waals surface area contributed by atoms with Gasteiger partial charge >= 0.3 is 0 Å². The van der Waals surface area contributed by atoms with E-state index in [1.807, 2.05) is 0 Å². The first-order valence-corrected chi connectivity index (χ1v) is 6.76. The molecule has 0 bridgehead atoms. The molecular weight excluding hydrogens is 280 g/mol. The molecule has 0 amide bonds. The molecule has 1 atom stereocenters. The van der Waals surface area contributed by atoms with Crippen LogP contribution >= 0.6 is 34.8 Å². The minimum absolute atomic E-state index is 0.312. The summed E-state index contributed by atoms with van der Waals surface area (Å²) in [6, 6.07) is 3.47. The third-order valence-electron chi connectivity index (χ3n) is 2.84. The molecule has 1 aromatic rings. The van der Waals surface area contributed by atoms with Gasteiger partial charge < -0.3 is 10.1 Å². The minimum Gasteiger partial charge on any atom is -0.377 e. The Balaban J connectivity index is 1.91. The molecule has 0 spiro atoms. The molecular formula is C12H14Cl3NO. The van der Waals surface area contributed by atoms with Crippen molar-refractivity contribution >= 4 is 34.8 Å².